The maximum atomic E-state index is 14.5. The summed E-state index contributed by atoms with van der Waals surface area (Å²) < 4.78 is 74.0. The molecule has 2 atom stereocenters. The Morgan fingerprint density at radius 3 is 2.48 bits per heavy atom. The summed E-state index contributed by atoms with van der Waals surface area (Å²) in [5.74, 6) is -1.62. The highest BCUT2D eigenvalue weighted by Crippen LogP contribution is 2.52. The Labute approximate surface area is 228 Å². The van der Waals surface area contributed by atoms with Gasteiger partial charge < -0.3 is 19.5 Å². The lowest BCUT2D eigenvalue weighted by molar-refractivity contribution is -0.149. The number of pyridine rings is 1. The summed E-state index contributed by atoms with van der Waals surface area (Å²) in [6.07, 6.45) is -0.712. The molecule has 1 aromatic heterocycles. The number of carbonyl (C=O) groups excluding carboxylic acids is 1. The van der Waals surface area contributed by atoms with Crippen LogP contribution in [0.2, 0.25) is 0 Å². The number of aromatic nitrogens is 1. The van der Waals surface area contributed by atoms with E-state index in [9.17, 15) is 22.4 Å². The lowest BCUT2D eigenvalue weighted by Gasteiger charge is -2.22. The lowest BCUT2D eigenvalue weighted by atomic mass is 9.92. The molecule has 2 saturated carbocycles. The van der Waals surface area contributed by atoms with Crippen molar-refractivity contribution in [1.82, 2.24) is 10.3 Å². The van der Waals surface area contributed by atoms with Gasteiger partial charge in [0.1, 0.15) is 23.2 Å². The highest BCUT2D eigenvalue weighted by molar-refractivity contribution is 5.95. The van der Waals surface area contributed by atoms with Crippen molar-refractivity contribution in [3.05, 3.63) is 71.2 Å². The number of benzene rings is 2. The first-order chi connectivity index (χ1) is 19.2. The third-order valence-corrected chi connectivity index (χ3v) is 7.60. The molecule has 0 bridgehead atoms. The first kappa shape index (κ1) is 26.4. The van der Waals surface area contributed by atoms with Gasteiger partial charge in [0.25, 0.3) is 5.91 Å². The van der Waals surface area contributed by atoms with Gasteiger partial charge in [-0.2, -0.15) is 13.2 Å². The standard InChI is InChI=1S/C30H28F4N2O4/c1-38-26-12-18(6-11-25(26)40-20-9-10-20)29(37)35-14-23(30(32,33)34)24-13-21-22(16-2-3-16)15-39-28(21)27(36-24)17-4-7-19(31)8-5-17/h4-8,11-13,16,20,22-23H,2-3,9-10,14-15H2,1H3,(H,35,37)/t22-,23+/m0/s1. The molecule has 0 saturated heterocycles. The van der Waals surface area contributed by atoms with E-state index in [4.69, 9.17) is 14.2 Å². The van der Waals surface area contributed by atoms with Gasteiger partial charge in [0.2, 0.25) is 0 Å². The van der Waals surface area contributed by atoms with E-state index in [-0.39, 0.29) is 29.0 Å². The summed E-state index contributed by atoms with van der Waals surface area (Å²) in [7, 11) is 1.44. The zero-order chi connectivity index (χ0) is 28.0. The molecule has 1 aliphatic heterocycles. The Hall–Kier alpha value is -3.82. The van der Waals surface area contributed by atoms with Crippen molar-refractivity contribution >= 4 is 5.91 Å². The van der Waals surface area contributed by atoms with Crippen LogP contribution in [0.3, 0.4) is 0 Å². The van der Waals surface area contributed by atoms with Crippen LogP contribution in [0, 0.1) is 11.7 Å². The smallest absolute Gasteiger partial charge is 0.398 e. The predicted molar refractivity (Wildman–Crippen MR) is 138 cm³/mol. The van der Waals surface area contributed by atoms with E-state index in [1.165, 1.54) is 49.6 Å². The van der Waals surface area contributed by atoms with E-state index >= 15 is 0 Å². The van der Waals surface area contributed by atoms with E-state index in [2.05, 4.69) is 10.3 Å². The monoisotopic (exact) mass is 556 g/mol. The van der Waals surface area contributed by atoms with Crippen LogP contribution in [0.1, 0.15) is 59.1 Å². The number of hydrogen-bond donors (Lipinski definition) is 1. The van der Waals surface area contributed by atoms with Crippen LogP contribution in [0.5, 0.6) is 17.2 Å². The third kappa shape index (κ3) is 5.44. The zero-order valence-corrected chi connectivity index (χ0v) is 21.8. The number of carbonyl (C=O) groups is 1. The molecule has 210 valence electrons. The number of nitrogens with zero attached hydrogens (tertiary/aromatic N) is 1. The Bertz CT molecular complexity index is 1420. The number of fused-ring (bicyclic) bond motifs is 1. The molecule has 2 heterocycles. The van der Waals surface area contributed by atoms with Gasteiger partial charge in [0.05, 0.1) is 25.5 Å². The maximum Gasteiger partial charge on any atom is 0.398 e. The maximum absolute atomic E-state index is 14.5. The van der Waals surface area contributed by atoms with Crippen molar-refractivity contribution in [2.24, 2.45) is 5.92 Å². The van der Waals surface area contributed by atoms with Crippen LogP contribution in [-0.2, 0) is 0 Å². The van der Waals surface area contributed by atoms with Crippen LogP contribution in [0.15, 0.2) is 48.5 Å². The molecule has 6 rings (SSSR count). The Kier molecular flexibility index (Phi) is 6.80. The van der Waals surface area contributed by atoms with Crippen LogP contribution >= 0.6 is 0 Å². The van der Waals surface area contributed by atoms with Crippen molar-refractivity contribution < 1.29 is 36.6 Å². The molecule has 1 amide bonds. The Morgan fingerprint density at radius 2 is 1.82 bits per heavy atom. The molecule has 40 heavy (non-hydrogen) atoms. The van der Waals surface area contributed by atoms with E-state index < -0.39 is 30.4 Å². The molecule has 2 aromatic carbocycles. The van der Waals surface area contributed by atoms with Gasteiger partial charge in [-0.3, -0.25) is 4.79 Å². The molecule has 10 heteroatoms. The summed E-state index contributed by atoms with van der Waals surface area (Å²) in [4.78, 5) is 17.3. The van der Waals surface area contributed by atoms with Crippen molar-refractivity contribution in [2.75, 3.05) is 20.3 Å². The van der Waals surface area contributed by atoms with Gasteiger partial charge in [-0.1, -0.05) is 0 Å². The number of ether oxygens (including phenoxy) is 3. The van der Waals surface area contributed by atoms with Crippen LogP contribution in [0.4, 0.5) is 17.6 Å². The van der Waals surface area contributed by atoms with Gasteiger partial charge >= 0.3 is 6.18 Å². The van der Waals surface area contributed by atoms with Gasteiger partial charge in [-0.15, -0.1) is 0 Å². The highest BCUT2D eigenvalue weighted by atomic mass is 19.4. The number of halogens is 4. The normalized spacial score (nSPS) is 19.0. The van der Waals surface area contributed by atoms with Gasteiger partial charge in [0, 0.05) is 29.2 Å². The Morgan fingerprint density at radius 1 is 1.07 bits per heavy atom. The topological polar surface area (TPSA) is 69.7 Å². The molecule has 2 fully saturated rings. The number of hydrogen-bond acceptors (Lipinski definition) is 5. The van der Waals surface area contributed by atoms with Crippen molar-refractivity contribution in [3.8, 4) is 28.5 Å². The first-order valence-electron chi connectivity index (χ1n) is 13.3. The quantitative estimate of drug-likeness (QED) is 0.309. The molecule has 1 N–H and O–H groups in total. The molecular weight excluding hydrogens is 528 g/mol. The van der Waals surface area contributed by atoms with Crippen molar-refractivity contribution in [2.45, 2.75) is 49.8 Å². The minimum Gasteiger partial charge on any atom is -0.493 e. The fourth-order valence-corrected chi connectivity index (χ4v) is 5.09. The van der Waals surface area contributed by atoms with Crippen LogP contribution in [0.25, 0.3) is 11.3 Å². The number of nitrogens with one attached hydrogen (secondary N) is 1. The molecular formula is C30H28F4N2O4. The summed E-state index contributed by atoms with van der Waals surface area (Å²) in [6, 6.07) is 11.4. The third-order valence-electron chi connectivity index (χ3n) is 7.60. The van der Waals surface area contributed by atoms with E-state index in [0.29, 0.717) is 40.9 Å². The SMILES string of the molecule is COc1cc(C(=O)NC[C@H](c2cc3c(c(-c4ccc(F)cc4)n2)OC[C@H]3C2CC2)C(F)(F)F)ccc1OC1CC1. The molecule has 0 radical (unpaired) electrons. The van der Waals surface area contributed by atoms with Crippen LogP contribution in [-0.4, -0.2) is 43.4 Å². The minimum absolute atomic E-state index is 0.0248. The second kappa shape index (κ2) is 10.3. The predicted octanol–water partition coefficient (Wildman–Crippen LogP) is 6.40. The van der Waals surface area contributed by atoms with Crippen LogP contribution < -0.4 is 19.5 Å². The first-order valence-corrected chi connectivity index (χ1v) is 13.3. The second-order valence-electron chi connectivity index (χ2n) is 10.6. The minimum atomic E-state index is -4.69. The summed E-state index contributed by atoms with van der Waals surface area (Å²) in [6.45, 7) is -0.344. The molecule has 0 spiro atoms. The summed E-state index contributed by atoms with van der Waals surface area (Å²) in [5, 5.41) is 2.43. The molecule has 2 aliphatic carbocycles. The number of alkyl halides is 3. The largest absolute Gasteiger partial charge is 0.493 e. The fourth-order valence-electron chi connectivity index (χ4n) is 5.09. The number of methoxy groups -OCH3 is 1. The highest BCUT2D eigenvalue weighted by Gasteiger charge is 2.45. The summed E-state index contributed by atoms with van der Waals surface area (Å²) >= 11 is 0. The van der Waals surface area contributed by atoms with E-state index in [1.807, 2.05) is 0 Å². The number of amides is 1. The van der Waals surface area contributed by atoms with E-state index in [1.54, 1.807) is 6.07 Å². The van der Waals surface area contributed by atoms with Crippen molar-refractivity contribution in [3.63, 3.8) is 0 Å². The zero-order valence-electron chi connectivity index (χ0n) is 21.8. The summed E-state index contributed by atoms with van der Waals surface area (Å²) in [5.41, 5.74) is 1.32. The molecule has 0 unspecified atom stereocenters. The fraction of sp³-hybridized carbons (Fsp3) is 0.400. The van der Waals surface area contributed by atoms with Crippen molar-refractivity contribution in [1.29, 1.82) is 0 Å². The lowest BCUT2D eigenvalue weighted by Crippen LogP contribution is -2.35. The van der Waals surface area contributed by atoms with Gasteiger partial charge in [0.15, 0.2) is 11.5 Å². The van der Waals surface area contributed by atoms with E-state index in [0.717, 1.165) is 25.7 Å². The van der Waals surface area contributed by atoms with Gasteiger partial charge in [-0.25, -0.2) is 9.37 Å². The second-order valence-corrected chi connectivity index (χ2v) is 10.6. The average molecular weight is 557 g/mol. The number of rotatable bonds is 9. The Balaban J connectivity index is 1.29. The molecule has 6 nitrogen and oxygen atoms in total. The van der Waals surface area contributed by atoms with Gasteiger partial charge in [-0.05, 0) is 80.1 Å². The molecule has 3 aromatic rings. The average Bonchev–Trinajstić information content (AvgIpc) is 3.87. The molecule has 3 aliphatic rings.